The molecule has 6 nitrogen and oxygen atoms in total. The van der Waals surface area contributed by atoms with Crippen molar-refractivity contribution in [1.29, 1.82) is 0 Å². The van der Waals surface area contributed by atoms with Crippen LogP contribution in [0.25, 0.3) is 0 Å². The average Bonchev–Trinajstić information content (AvgIpc) is 2.45. The molecule has 0 aliphatic carbocycles. The Morgan fingerprint density at radius 2 is 2.05 bits per heavy atom. The maximum atomic E-state index is 11.0. The van der Waals surface area contributed by atoms with Gasteiger partial charge in [-0.2, -0.15) is 0 Å². The predicted molar refractivity (Wildman–Crippen MR) is 75.9 cm³/mol. The van der Waals surface area contributed by atoms with Crippen LogP contribution >= 0.6 is 0 Å². The molecule has 20 heavy (non-hydrogen) atoms. The fourth-order valence-corrected chi connectivity index (χ4v) is 1.81. The Morgan fingerprint density at radius 1 is 1.30 bits per heavy atom. The van der Waals surface area contributed by atoms with Gasteiger partial charge in [0.1, 0.15) is 12.4 Å². The van der Waals surface area contributed by atoms with E-state index >= 15 is 0 Å². The van der Waals surface area contributed by atoms with Crippen LogP contribution in [0, 0.1) is 17.0 Å². The zero-order valence-electron chi connectivity index (χ0n) is 11.3. The van der Waals surface area contributed by atoms with Crippen LogP contribution in [0.2, 0.25) is 0 Å². The highest BCUT2D eigenvalue weighted by atomic mass is 16.6. The van der Waals surface area contributed by atoms with Gasteiger partial charge in [-0.05, 0) is 24.6 Å². The molecule has 0 aliphatic heterocycles. The van der Waals surface area contributed by atoms with E-state index in [1.807, 2.05) is 18.2 Å². The van der Waals surface area contributed by atoms with Gasteiger partial charge in [0.05, 0.1) is 10.6 Å². The number of benzene rings is 1. The first-order chi connectivity index (χ1) is 9.61. The van der Waals surface area contributed by atoms with Crippen molar-refractivity contribution in [2.45, 2.75) is 13.5 Å². The van der Waals surface area contributed by atoms with E-state index in [0.717, 1.165) is 11.4 Å². The molecule has 1 N–H and O–H groups in total. The van der Waals surface area contributed by atoms with E-state index in [1.165, 1.54) is 6.07 Å². The molecule has 2 rings (SSSR count). The first kappa shape index (κ1) is 13.8. The van der Waals surface area contributed by atoms with Crippen molar-refractivity contribution in [3.05, 3.63) is 57.8 Å². The SMILES string of the molecule is CNc1cccc(COc2c(C)cccc2[N+](=O)[O-])n1. The van der Waals surface area contributed by atoms with Gasteiger partial charge in [-0.1, -0.05) is 18.2 Å². The second kappa shape index (κ2) is 6.01. The summed E-state index contributed by atoms with van der Waals surface area (Å²) in [5.74, 6) is 1.01. The second-order valence-electron chi connectivity index (χ2n) is 4.23. The summed E-state index contributed by atoms with van der Waals surface area (Å²) in [6, 6.07) is 10.3. The molecule has 0 spiro atoms. The Morgan fingerprint density at radius 3 is 2.75 bits per heavy atom. The number of hydrogen-bond donors (Lipinski definition) is 1. The van der Waals surface area contributed by atoms with Crippen molar-refractivity contribution < 1.29 is 9.66 Å². The van der Waals surface area contributed by atoms with Crippen molar-refractivity contribution in [3.8, 4) is 5.75 Å². The summed E-state index contributed by atoms with van der Waals surface area (Å²) < 4.78 is 5.58. The molecule has 104 valence electrons. The number of nitro benzene ring substituents is 1. The third kappa shape index (κ3) is 3.03. The lowest BCUT2D eigenvalue weighted by Crippen LogP contribution is -2.03. The van der Waals surface area contributed by atoms with Crippen molar-refractivity contribution in [1.82, 2.24) is 4.98 Å². The van der Waals surface area contributed by atoms with Crippen molar-refractivity contribution in [2.75, 3.05) is 12.4 Å². The highest BCUT2D eigenvalue weighted by Crippen LogP contribution is 2.30. The number of aromatic nitrogens is 1. The molecule has 0 bridgehead atoms. The molecule has 0 aliphatic rings. The minimum Gasteiger partial charge on any atom is -0.480 e. The van der Waals surface area contributed by atoms with Crippen LogP contribution in [0.5, 0.6) is 5.75 Å². The molecule has 0 unspecified atom stereocenters. The molecule has 0 saturated carbocycles. The van der Waals surface area contributed by atoms with Crippen LogP contribution in [-0.4, -0.2) is 17.0 Å². The Labute approximate surface area is 116 Å². The van der Waals surface area contributed by atoms with E-state index in [9.17, 15) is 10.1 Å². The smallest absolute Gasteiger partial charge is 0.311 e. The van der Waals surface area contributed by atoms with Crippen molar-refractivity contribution >= 4 is 11.5 Å². The Hall–Kier alpha value is -2.63. The number of rotatable bonds is 5. The van der Waals surface area contributed by atoms with Gasteiger partial charge >= 0.3 is 5.69 Å². The molecule has 6 heteroatoms. The van der Waals surface area contributed by atoms with Gasteiger partial charge in [0.15, 0.2) is 5.75 Å². The molecular formula is C14H15N3O3. The summed E-state index contributed by atoms with van der Waals surface area (Å²) in [6.07, 6.45) is 0. The zero-order chi connectivity index (χ0) is 14.5. The summed E-state index contributed by atoms with van der Waals surface area (Å²) in [6.45, 7) is 1.96. The number of pyridine rings is 1. The van der Waals surface area contributed by atoms with Crippen LogP contribution in [0.15, 0.2) is 36.4 Å². The summed E-state index contributed by atoms with van der Waals surface area (Å²) in [4.78, 5) is 14.8. The summed E-state index contributed by atoms with van der Waals surface area (Å²) in [5.41, 5.74) is 1.40. The maximum Gasteiger partial charge on any atom is 0.311 e. The molecule has 0 atom stereocenters. The number of nitrogens with one attached hydrogen (secondary N) is 1. The summed E-state index contributed by atoms with van der Waals surface area (Å²) >= 11 is 0. The predicted octanol–water partition coefficient (Wildman–Crippen LogP) is 2.92. The first-order valence-corrected chi connectivity index (χ1v) is 6.12. The molecule has 1 heterocycles. The molecule has 0 radical (unpaired) electrons. The molecule has 1 aromatic heterocycles. The normalized spacial score (nSPS) is 10.1. The third-order valence-electron chi connectivity index (χ3n) is 2.82. The highest BCUT2D eigenvalue weighted by molar-refractivity contribution is 5.51. The summed E-state index contributed by atoms with van der Waals surface area (Å²) in [7, 11) is 1.78. The van der Waals surface area contributed by atoms with E-state index in [2.05, 4.69) is 10.3 Å². The van der Waals surface area contributed by atoms with Crippen LogP contribution < -0.4 is 10.1 Å². The lowest BCUT2D eigenvalue weighted by Gasteiger charge is -2.09. The third-order valence-corrected chi connectivity index (χ3v) is 2.82. The van der Waals surface area contributed by atoms with E-state index < -0.39 is 4.92 Å². The van der Waals surface area contributed by atoms with E-state index in [4.69, 9.17) is 4.74 Å². The summed E-state index contributed by atoms with van der Waals surface area (Å²) in [5, 5.41) is 13.9. The van der Waals surface area contributed by atoms with Gasteiger partial charge in [0.2, 0.25) is 0 Å². The van der Waals surface area contributed by atoms with E-state index in [-0.39, 0.29) is 18.0 Å². The van der Waals surface area contributed by atoms with Crippen molar-refractivity contribution in [3.63, 3.8) is 0 Å². The minimum atomic E-state index is -0.445. The van der Waals surface area contributed by atoms with Crippen LogP contribution in [-0.2, 0) is 6.61 Å². The number of anilines is 1. The number of hydrogen-bond acceptors (Lipinski definition) is 5. The lowest BCUT2D eigenvalue weighted by molar-refractivity contribution is -0.386. The standard InChI is InChI=1S/C14H15N3O3/c1-10-5-3-7-12(17(18)19)14(10)20-9-11-6-4-8-13(15-2)16-11/h3-8H,9H2,1-2H3,(H,15,16). The van der Waals surface area contributed by atoms with Gasteiger partial charge in [0, 0.05) is 13.1 Å². The molecule has 0 fully saturated rings. The fourth-order valence-electron chi connectivity index (χ4n) is 1.81. The minimum absolute atomic E-state index is 0.0326. The fraction of sp³-hybridized carbons (Fsp3) is 0.214. The van der Waals surface area contributed by atoms with Gasteiger partial charge in [0.25, 0.3) is 0 Å². The van der Waals surface area contributed by atoms with Gasteiger partial charge in [-0.15, -0.1) is 0 Å². The monoisotopic (exact) mass is 273 g/mol. The Kier molecular flexibility index (Phi) is 4.14. The molecule has 2 aromatic rings. The molecular weight excluding hydrogens is 258 g/mol. The Balaban J connectivity index is 2.20. The van der Waals surface area contributed by atoms with E-state index in [0.29, 0.717) is 5.69 Å². The number of para-hydroxylation sites is 1. The van der Waals surface area contributed by atoms with Crippen LogP contribution in [0.4, 0.5) is 11.5 Å². The number of aryl methyl sites for hydroxylation is 1. The molecule has 0 saturated heterocycles. The number of nitro groups is 1. The number of nitrogens with zero attached hydrogens (tertiary/aromatic N) is 2. The number of ether oxygens (including phenoxy) is 1. The molecule has 0 amide bonds. The van der Waals surface area contributed by atoms with Crippen molar-refractivity contribution in [2.24, 2.45) is 0 Å². The van der Waals surface area contributed by atoms with Crippen LogP contribution in [0.3, 0.4) is 0 Å². The van der Waals surface area contributed by atoms with Gasteiger partial charge < -0.3 is 10.1 Å². The topological polar surface area (TPSA) is 77.3 Å². The van der Waals surface area contributed by atoms with Crippen LogP contribution in [0.1, 0.15) is 11.3 Å². The zero-order valence-corrected chi connectivity index (χ0v) is 11.3. The quantitative estimate of drug-likeness (QED) is 0.669. The van der Waals surface area contributed by atoms with E-state index in [1.54, 1.807) is 26.1 Å². The average molecular weight is 273 g/mol. The largest absolute Gasteiger partial charge is 0.480 e. The first-order valence-electron chi connectivity index (χ1n) is 6.12. The second-order valence-corrected chi connectivity index (χ2v) is 4.23. The van der Waals surface area contributed by atoms with Gasteiger partial charge in [-0.25, -0.2) is 4.98 Å². The van der Waals surface area contributed by atoms with Gasteiger partial charge in [-0.3, -0.25) is 10.1 Å². The maximum absolute atomic E-state index is 11.0. The lowest BCUT2D eigenvalue weighted by atomic mass is 10.2. The Bertz CT molecular complexity index is 629. The molecule has 1 aromatic carbocycles. The highest BCUT2D eigenvalue weighted by Gasteiger charge is 2.17.